The second-order valence-corrected chi connectivity index (χ2v) is 3.41. The van der Waals surface area contributed by atoms with E-state index in [-0.39, 0.29) is 5.56 Å². The minimum Gasteiger partial charge on any atom is -0.267 e. The summed E-state index contributed by atoms with van der Waals surface area (Å²) in [4.78, 5) is 11.5. The third-order valence-electron chi connectivity index (χ3n) is 1.77. The molecular weight excluding hydrogens is 172 g/mol. The summed E-state index contributed by atoms with van der Waals surface area (Å²) in [5.74, 6) is 0. The minimum atomic E-state index is 0.0104. The van der Waals surface area contributed by atoms with Gasteiger partial charge in [0, 0.05) is 6.54 Å². The molecule has 0 N–H and O–H groups in total. The molecule has 12 heavy (non-hydrogen) atoms. The van der Waals surface area contributed by atoms with Gasteiger partial charge in [-0.05, 0) is 18.4 Å². The topological polar surface area (TPSA) is 34.9 Å². The maximum absolute atomic E-state index is 11.5. The maximum atomic E-state index is 11.5. The molecule has 0 aliphatic carbocycles. The van der Waals surface area contributed by atoms with Crippen molar-refractivity contribution in [2.45, 2.75) is 13.5 Å². The van der Waals surface area contributed by atoms with E-state index in [2.05, 4.69) is 5.10 Å². The predicted molar refractivity (Wildman–Crippen MR) is 49.6 cm³/mol. The third-order valence-corrected chi connectivity index (χ3v) is 2.63. The van der Waals surface area contributed by atoms with Gasteiger partial charge in [-0.15, -0.1) is 11.3 Å². The lowest BCUT2D eigenvalue weighted by molar-refractivity contribution is 0.623. The Morgan fingerprint density at radius 3 is 3.25 bits per heavy atom. The largest absolute Gasteiger partial charge is 0.275 e. The van der Waals surface area contributed by atoms with E-state index in [9.17, 15) is 4.79 Å². The lowest BCUT2D eigenvalue weighted by Gasteiger charge is -1.97. The molecule has 0 saturated carbocycles. The molecule has 2 aromatic heterocycles. The number of aryl methyl sites for hydroxylation is 1. The van der Waals surface area contributed by atoms with E-state index in [1.165, 1.54) is 4.68 Å². The van der Waals surface area contributed by atoms with Gasteiger partial charge in [0.05, 0.1) is 16.3 Å². The number of rotatable bonds is 1. The van der Waals surface area contributed by atoms with Crippen LogP contribution in [-0.2, 0) is 6.54 Å². The number of nitrogens with zero attached hydrogens (tertiary/aromatic N) is 2. The average molecular weight is 180 g/mol. The zero-order chi connectivity index (χ0) is 8.55. The molecule has 0 fully saturated rings. The van der Waals surface area contributed by atoms with Crippen molar-refractivity contribution in [1.29, 1.82) is 0 Å². The lowest BCUT2D eigenvalue weighted by Crippen LogP contribution is -2.20. The highest BCUT2D eigenvalue weighted by atomic mass is 32.1. The number of hydrogen-bond acceptors (Lipinski definition) is 3. The van der Waals surface area contributed by atoms with E-state index in [1.54, 1.807) is 17.5 Å². The van der Waals surface area contributed by atoms with Gasteiger partial charge in [-0.25, -0.2) is 4.68 Å². The Balaban J connectivity index is 2.88. The minimum absolute atomic E-state index is 0.0104. The Morgan fingerprint density at radius 2 is 2.50 bits per heavy atom. The first-order valence-corrected chi connectivity index (χ1v) is 4.64. The van der Waals surface area contributed by atoms with Crippen molar-refractivity contribution in [3.8, 4) is 0 Å². The van der Waals surface area contributed by atoms with Gasteiger partial charge in [0.25, 0.3) is 5.56 Å². The van der Waals surface area contributed by atoms with Gasteiger partial charge in [0.1, 0.15) is 0 Å². The molecule has 0 spiro atoms. The quantitative estimate of drug-likeness (QED) is 0.666. The summed E-state index contributed by atoms with van der Waals surface area (Å²) in [5.41, 5.74) is 0.0104. The van der Waals surface area contributed by atoms with Gasteiger partial charge >= 0.3 is 0 Å². The van der Waals surface area contributed by atoms with Crippen molar-refractivity contribution in [3.05, 3.63) is 28.0 Å². The van der Waals surface area contributed by atoms with Crippen molar-refractivity contribution < 1.29 is 0 Å². The van der Waals surface area contributed by atoms with Crippen LogP contribution in [-0.4, -0.2) is 9.78 Å². The fourth-order valence-electron chi connectivity index (χ4n) is 1.14. The van der Waals surface area contributed by atoms with Crippen LogP contribution in [0, 0.1) is 0 Å². The molecule has 2 heterocycles. The molecule has 0 bridgehead atoms. The maximum Gasteiger partial charge on any atom is 0.275 e. The summed E-state index contributed by atoms with van der Waals surface area (Å²) in [6.45, 7) is 2.54. The van der Waals surface area contributed by atoms with Crippen LogP contribution in [0.3, 0.4) is 0 Å². The zero-order valence-electron chi connectivity index (χ0n) is 6.65. The van der Waals surface area contributed by atoms with E-state index in [1.807, 2.05) is 18.4 Å². The van der Waals surface area contributed by atoms with E-state index in [4.69, 9.17) is 0 Å². The Bertz CT molecular complexity index is 457. The highest BCUT2D eigenvalue weighted by Crippen LogP contribution is 2.14. The summed E-state index contributed by atoms with van der Waals surface area (Å²) < 4.78 is 2.43. The van der Waals surface area contributed by atoms with E-state index >= 15 is 0 Å². The third kappa shape index (κ3) is 0.956. The van der Waals surface area contributed by atoms with E-state index < -0.39 is 0 Å². The summed E-state index contributed by atoms with van der Waals surface area (Å²) in [7, 11) is 0. The smallest absolute Gasteiger partial charge is 0.267 e. The molecule has 0 saturated heterocycles. The first-order chi connectivity index (χ1) is 5.83. The second kappa shape index (κ2) is 2.71. The standard InChI is InChI=1S/C8H8N2OS/c1-2-10-8(11)6-3-4-12-7(6)5-9-10/h3-5H,2H2,1H3. The number of hydrogen-bond donors (Lipinski definition) is 0. The van der Waals surface area contributed by atoms with Crippen LogP contribution < -0.4 is 5.56 Å². The van der Waals surface area contributed by atoms with Crippen molar-refractivity contribution >= 4 is 21.4 Å². The molecule has 0 unspecified atom stereocenters. The fourth-order valence-corrected chi connectivity index (χ4v) is 1.88. The predicted octanol–water partition coefficient (Wildman–Crippen LogP) is 1.48. The first kappa shape index (κ1) is 7.49. The number of aromatic nitrogens is 2. The molecule has 0 radical (unpaired) electrons. The monoisotopic (exact) mass is 180 g/mol. The lowest BCUT2D eigenvalue weighted by atomic mass is 10.4. The molecule has 0 atom stereocenters. The van der Waals surface area contributed by atoms with E-state index in [0.29, 0.717) is 6.54 Å². The van der Waals surface area contributed by atoms with Gasteiger partial charge in [0.15, 0.2) is 0 Å². The van der Waals surface area contributed by atoms with Crippen LogP contribution in [0.15, 0.2) is 22.4 Å². The van der Waals surface area contributed by atoms with Gasteiger partial charge < -0.3 is 0 Å². The molecule has 0 aliphatic heterocycles. The van der Waals surface area contributed by atoms with Gasteiger partial charge in [-0.3, -0.25) is 4.79 Å². The normalized spacial score (nSPS) is 10.8. The van der Waals surface area contributed by atoms with Crippen LogP contribution in [0.1, 0.15) is 6.92 Å². The van der Waals surface area contributed by atoms with Crippen molar-refractivity contribution in [3.63, 3.8) is 0 Å². The molecule has 0 aromatic carbocycles. The summed E-state index contributed by atoms with van der Waals surface area (Å²) in [6.07, 6.45) is 1.74. The van der Waals surface area contributed by atoms with Crippen molar-refractivity contribution in [2.75, 3.05) is 0 Å². The van der Waals surface area contributed by atoms with Gasteiger partial charge in [0.2, 0.25) is 0 Å². The molecule has 3 nitrogen and oxygen atoms in total. The fraction of sp³-hybridized carbons (Fsp3) is 0.250. The molecular formula is C8H8N2OS. The number of fused-ring (bicyclic) bond motifs is 1. The van der Waals surface area contributed by atoms with Gasteiger partial charge in [-0.2, -0.15) is 5.10 Å². The highest BCUT2D eigenvalue weighted by Gasteiger charge is 2.01. The zero-order valence-corrected chi connectivity index (χ0v) is 7.47. The summed E-state index contributed by atoms with van der Waals surface area (Å²) in [6, 6.07) is 1.84. The Labute approximate surface area is 73.3 Å². The Kier molecular flexibility index (Phi) is 1.69. The van der Waals surface area contributed by atoms with Crippen LogP contribution >= 0.6 is 11.3 Å². The van der Waals surface area contributed by atoms with E-state index in [0.717, 1.165) is 10.1 Å². The van der Waals surface area contributed by atoms with Crippen LogP contribution in [0.2, 0.25) is 0 Å². The van der Waals surface area contributed by atoms with Crippen LogP contribution in [0.25, 0.3) is 10.1 Å². The molecule has 0 amide bonds. The molecule has 2 aromatic rings. The second-order valence-electron chi connectivity index (χ2n) is 2.46. The molecule has 62 valence electrons. The highest BCUT2D eigenvalue weighted by molar-refractivity contribution is 7.17. The number of thiophene rings is 1. The molecule has 0 aliphatic rings. The molecule has 4 heteroatoms. The Hall–Kier alpha value is -1.16. The summed E-state index contributed by atoms with van der Waals surface area (Å²) in [5, 5.41) is 6.70. The Morgan fingerprint density at radius 1 is 1.67 bits per heavy atom. The van der Waals surface area contributed by atoms with Crippen LogP contribution in [0.5, 0.6) is 0 Å². The van der Waals surface area contributed by atoms with Crippen molar-refractivity contribution in [2.24, 2.45) is 0 Å². The SMILES string of the molecule is CCn1ncc2sccc2c1=O. The first-order valence-electron chi connectivity index (χ1n) is 3.76. The van der Waals surface area contributed by atoms with Crippen molar-refractivity contribution in [1.82, 2.24) is 9.78 Å². The molecule has 2 rings (SSSR count). The van der Waals surface area contributed by atoms with Crippen LogP contribution in [0.4, 0.5) is 0 Å². The van der Waals surface area contributed by atoms with Gasteiger partial charge in [-0.1, -0.05) is 0 Å². The average Bonchev–Trinajstić information content (AvgIpc) is 2.53. The summed E-state index contributed by atoms with van der Waals surface area (Å²) >= 11 is 1.54.